The van der Waals surface area contributed by atoms with Gasteiger partial charge in [0, 0.05) is 29.5 Å². The SMILES string of the molecule is CCCOc1ccc(C(=O)Nc2ccc(N3CCCCC3C)cc2)cc1. The van der Waals surface area contributed by atoms with Crippen molar-refractivity contribution in [1.29, 1.82) is 0 Å². The van der Waals surface area contributed by atoms with Crippen LogP contribution in [0.1, 0.15) is 49.9 Å². The number of piperidine rings is 1. The first-order chi connectivity index (χ1) is 12.7. The van der Waals surface area contributed by atoms with Crippen LogP contribution in [0.2, 0.25) is 0 Å². The van der Waals surface area contributed by atoms with Gasteiger partial charge in [-0.15, -0.1) is 0 Å². The molecule has 1 atom stereocenters. The molecule has 1 aliphatic heterocycles. The number of anilines is 2. The third-order valence-electron chi connectivity index (χ3n) is 4.85. The summed E-state index contributed by atoms with van der Waals surface area (Å²) in [6, 6.07) is 16.0. The number of amides is 1. The Bertz CT molecular complexity index is 710. The van der Waals surface area contributed by atoms with E-state index in [0.717, 1.165) is 24.4 Å². The summed E-state index contributed by atoms with van der Waals surface area (Å²) in [5, 5.41) is 2.96. The van der Waals surface area contributed by atoms with Crippen LogP contribution in [0.5, 0.6) is 5.75 Å². The zero-order valence-electron chi connectivity index (χ0n) is 15.7. The van der Waals surface area contributed by atoms with Gasteiger partial charge in [-0.25, -0.2) is 0 Å². The molecule has 4 heteroatoms. The summed E-state index contributed by atoms with van der Waals surface area (Å²) in [5.41, 5.74) is 2.67. The van der Waals surface area contributed by atoms with Gasteiger partial charge < -0.3 is 15.0 Å². The number of carbonyl (C=O) groups excluding carboxylic acids is 1. The Hall–Kier alpha value is -2.49. The smallest absolute Gasteiger partial charge is 0.255 e. The Morgan fingerprint density at radius 3 is 2.50 bits per heavy atom. The second-order valence-corrected chi connectivity index (χ2v) is 6.91. The van der Waals surface area contributed by atoms with Gasteiger partial charge in [0.05, 0.1) is 6.61 Å². The quantitative estimate of drug-likeness (QED) is 0.786. The standard InChI is InChI=1S/C22H28N2O2/c1-3-16-26-21-13-7-18(8-14-21)22(25)23-19-9-11-20(12-10-19)24-15-5-4-6-17(24)2/h7-14,17H,3-6,15-16H2,1-2H3,(H,23,25). The lowest BCUT2D eigenvalue weighted by Crippen LogP contribution is -2.37. The molecule has 26 heavy (non-hydrogen) atoms. The molecule has 1 unspecified atom stereocenters. The van der Waals surface area contributed by atoms with E-state index in [1.54, 1.807) is 12.1 Å². The van der Waals surface area contributed by atoms with E-state index in [-0.39, 0.29) is 5.91 Å². The number of hydrogen-bond donors (Lipinski definition) is 1. The Morgan fingerprint density at radius 1 is 1.12 bits per heavy atom. The van der Waals surface area contributed by atoms with Gasteiger partial charge in [-0.2, -0.15) is 0 Å². The summed E-state index contributed by atoms with van der Waals surface area (Å²) in [6.07, 6.45) is 4.78. The molecule has 138 valence electrons. The summed E-state index contributed by atoms with van der Waals surface area (Å²) in [7, 11) is 0. The van der Waals surface area contributed by atoms with Crippen LogP contribution < -0.4 is 15.0 Å². The van der Waals surface area contributed by atoms with Gasteiger partial charge >= 0.3 is 0 Å². The van der Waals surface area contributed by atoms with Gasteiger partial charge in [-0.05, 0) is 81.1 Å². The molecular weight excluding hydrogens is 324 g/mol. The van der Waals surface area contributed by atoms with E-state index in [0.29, 0.717) is 18.2 Å². The van der Waals surface area contributed by atoms with E-state index in [4.69, 9.17) is 4.74 Å². The highest BCUT2D eigenvalue weighted by Crippen LogP contribution is 2.26. The summed E-state index contributed by atoms with van der Waals surface area (Å²) < 4.78 is 5.55. The number of nitrogens with one attached hydrogen (secondary N) is 1. The van der Waals surface area contributed by atoms with Crippen LogP contribution in [0, 0.1) is 0 Å². The van der Waals surface area contributed by atoms with Crippen molar-refractivity contribution in [2.24, 2.45) is 0 Å². The van der Waals surface area contributed by atoms with E-state index >= 15 is 0 Å². The number of rotatable bonds is 6. The van der Waals surface area contributed by atoms with Gasteiger partial charge in [0.2, 0.25) is 0 Å². The van der Waals surface area contributed by atoms with Gasteiger partial charge in [0.1, 0.15) is 5.75 Å². The van der Waals surface area contributed by atoms with E-state index in [1.807, 2.05) is 24.3 Å². The Balaban J connectivity index is 1.60. The van der Waals surface area contributed by atoms with Gasteiger partial charge in [0.15, 0.2) is 0 Å². The number of ether oxygens (including phenoxy) is 1. The first kappa shape index (κ1) is 18.3. The van der Waals surface area contributed by atoms with Crippen molar-refractivity contribution in [3.63, 3.8) is 0 Å². The summed E-state index contributed by atoms with van der Waals surface area (Å²) in [4.78, 5) is 14.9. The number of carbonyl (C=O) groups is 1. The van der Waals surface area contributed by atoms with Crippen molar-refractivity contribution in [3.8, 4) is 5.75 Å². The number of hydrogen-bond acceptors (Lipinski definition) is 3. The summed E-state index contributed by atoms with van der Waals surface area (Å²) in [6.45, 7) is 6.15. The zero-order chi connectivity index (χ0) is 18.4. The minimum absolute atomic E-state index is 0.105. The first-order valence-electron chi connectivity index (χ1n) is 9.58. The molecule has 0 saturated carbocycles. The largest absolute Gasteiger partial charge is 0.494 e. The van der Waals surface area contributed by atoms with Crippen molar-refractivity contribution in [3.05, 3.63) is 54.1 Å². The molecule has 0 aliphatic carbocycles. The van der Waals surface area contributed by atoms with Crippen LogP contribution in [-0.4, -0.2) is 25.1 Å². The van der Waals surface area contributed by atoms with E-state index < -0.39 is 0 Å². The van der Waals surface area contributed by atoms with Crippen LogP contribution in [0.15, 0.2) is 48.5 Å². The highest BCUT2D eigenvalue weighted by molar-refractivity contribution is 6.04. The second kappa shape index (κ2) is 8.75. The molecule has 2 aromatic carbocycles. The van der Waals surface area contributed by atoms with Crippen molar-refractivity contribution < 1.29 is 9.53 Å². The maximum Gasteiger partial charge on any atom is 0.255 e. The van der Waals surface area contributed by atoms with Gasteiger partial charge in [-0.1, -0.05) is 6.92 Å². The number of benzene rings is 2. The maximum atomic E-state index is 12.4. The topological polar surface area (TPSA) is 41.6 Å². The molecular formula is C22H28N2O2. The normalized spacial score (nSPS) is 17.0. The van der Waals surface area contributed by atoms with Crippen LogP contribution in [0.4, 0.5) is 11.4 Å². The molecule has 0 aromatic heterocycles. The van der Waals surface area contributed by atoms with Crippen molar-refractivity contribution in [1.82, 2.24) is 0 Å². The Morgan fingerprint density at radius 2 is 1.85 bits per heavy atom. The zero-order valence-corrected chi connectivity index (χ0v) is 15.7. The van der Waals surface area contributed by atoms with Gasteiger partial charge in [-0.3, -0.25) is 4.79 Å². The van der Waals surface area contributed by atoms with E-state index in [9.17, 15) is 4.79 Å². The molecule has 3 rings (SSSR count). The lowest BCUT2D eigenvalue weighted by molar-refractivity contribution is 0.102. The molecule has 0 spiro atoms. The molecule has 1 fully saturated rings. The van der Waals surface area contributed by atoms with Crippen molar-refractivity contribution in [2.75, 3.05) is 23.4 Å². The minimum atomic E-state index is -0.105. The Kier molecular flexibility index (Phi) is 6.16. The van der Waals surface area contributed by atoms with Crippen molar-refractivity contribution in [2.45, 2.75) is 45.6 Å². The highest BCUT2D eigenvalue weighted by Gasteiger charge is 2.18. The van der Waals surface area contributed by atoms with Crippen LogP contribution in [0.25, 0.3) is 0 Å². The highest BCUT2D eigenvalue weighted by atomic mass is 16.5. The van der Waals surface area contributed by atoms with E-state index in [1.165, 1.54) is 24.9 Å². The van der Waals surface area contributed by atoms with Crippen LogP contribution >= 0.6 is 0 Å². The predicted molar refractivity (Wildman–Crippen MR) is 107 cm³/mol. The number of nitrogens with zero attached hydrogens (tertiary/aromatic N) is 1. The monoisotopic (exact) mass is 352 g/mol. The van der Waals surface area contributed by atoms with Crippen molar-refractivity contribution >= 4 is 17.3 Å². The average Bonchev–Trinajstić information content (AvgIpc) is 2.68. The Labute approximate surface area is 156 Å². The molecule has 4 nitrogen and oxygen atoms in total. The van der Waals surface area contributed by atoms with Crippen LogP contribution in [0.3, 0.4) is 0 Å². The molecule has 0 bridgehead atoms. The lowest BCUT2D eigenvalue weighted by Gasteiger charge is -2.35. The fraction of sp³-hybridized carbons (Fsp3) is 0.409. The maximum absolute atomic E-state index is 12.4. The van der Waals surface area contributed by atoms with Gasteiger partial charge in [0.25, 0.3) is 5.91 Å². The predicted octanol–water partition coefficient (Wildman–Crippen LogP) is 5.11. The molecule has 1 N–H and O–H groups in total. The fourth-order valence-corrected chi connectivity index (χ4v) is 3.34. The minimum Gasteiger partial charge on any atom is -0.494 e. The lowest BCUT2D eigenvalue weighted by atomic mass is 10.0. The third-order valence-corrected chi connectivity index (χ3v) is 4.85. The molecule has 0 radical (unpaired) electrons. The van der Waals surface area contributed by atoms with E-state index in [2.05, 4.69) is 36.2 Å². The fourth-order valence-electron chi connectivity index (χ4n) is 3.34. The molecule has 1 heterocycles. The average molecular weight is 352 g/mol. The first-order valence-corrected chi connectivity index (χ1v) is 9.58. The molecule has 1 saturated heterocycles. The third kappa shape index (κ3) is 4.57. The molecule has 1 aliphatic rings. The molecule has 1 amide bonds. The summed E-state index contributed by atoms with van der Waals surface area (Å²) >= 11 is 0. The second-order valence-electron chi connectivity index (χ2n) is 6.91. The molecule has 2 aromatic rings. The van der Waals surface area contributed by atoms with Crippen LogP contribution in [-0.2, 0) is 0 Å². The summed E-state index contributed by atoms with van der Waals surface area (Å²) in [5.74, 6) is 0.689.